The third-order valence-corrected chi connectivity index (χ3v) is 5.22. The summed E-state index contributed by atoms with van der Waals surface area (Å²) in [5.74, 6) is 1.25. The molecule has 0 aromatic heterocycles. The van der Waals surface area contributed by atoms with Crippen LogP contribution in [0.25, 0.3) is 5.57 Å². The number of phenolic OH excluding ortho intramolecular Hbond substituents is 1. The van der Waals surface area contributed by atoms with E-state index in [1.54, 1.807) is 6.07 Å². The fraction of sp³-hybridized carbons (Fsp3) is 0.273. The molecular weight excluding hydrogens is 296 g/mol. The number of aliphatic hydroxyl groups is 1. The predicted molar refractivity (Wildman–Crippen MR) is 97.8 cm³/mol. The first kappa shape index (κ1) is 15.1. The lowest BCUT2D eigenvalue weighted by atomic mass is 9.74. The van der Waals surface area contributed by atoms with Crippen LogP contribution in [0.1, 0.15) is 36.8 Å². The quantitative estimate of drug-likeness (QED) is 0.768. The van der Waals surface area contributed by atoms with Crippen molar-refractivity contribution in [1.82, 2.24) is 0 Å². The molecule has 2 nitrogen and oxygen atoms in total. The highest BCUT2D eigenvalue weighted by Gasteiger charge is 2.26. The average molecular weight is 318 g/mol. The summed E-state index contributed by atoms with van der Waals surface area (Å²) in [6.07, 6.45) is 17.3. The maximum Gasteiger partial charge on any atom is 0.115 e. The standard InChI is InChI=1S/C22H22O2/c23-18-9-6-16(7-10-18)22-20(15-4-2-1-3-5-15)12-8-17-14-19(24)11-13-21(17)22/h1-4,6,9,11,13-15,23-24H,5,7-8,10,12H2. The SMILES string of the molecule is OC1=CC=C(C2=C(C3C=CC=CC3)CCc3cc(O)ccc32)CC1. The van der Waals surface area contributed by atoms with E-state index in [1.807, 2.05) is 12.1 Å². The monoisotopic (exact) mass is 318 g/mol. The largest absolute Gasteiger partial charge is 0.512 e. The number of hydrogen-bond acceptors (Lipinski definition) is 2. The van der Waals surface area contributed by atoms with Crippen molar-refractivity contribution in [3.63, 3.8) is 0 Å². The first-order chi connectivity index (χ1) is 11.7. The molecule has 4 rings (SSSR count). The van der Waals surface area contributed by atoms with E-state index in [1.165, 1.54) is 27.8 Å². The number of rotatable bonds is 2. The molecule has 0 aliphatic heterocycles. The third kappa shape index (κ3) is 2.73. The minimum absolute atomic E-state index is 0.340. The van der Waals surface area contributed by atoms with E-state index in [9.17, 15) is 10.2 Å². The number of aliphatic hydroxyl groups excluding tert-OH is 1. The van der Waals surface area contributed by atoms with E-state index >= 15 is 0 Å². The van der Waals surface area contributed by atoms with Gasteiger partial charge in [0.15, 0.2) is 0 Å². The molecule has 1 aromatic carbocycles. The molecule has 0 heterocycles. The molecule has 0 fully saturated rings. The Kier molecular flexibility index (Phi) is 3.89. The lowest BCUT2D eigenvalue weighted by Crippen LogP contribution is -2.14. The highest BCUT2D eigenvalue weighted by atomic mass is 16.3. The van der Waals surface area contributed by atoms with Gasteiger partial charge < -0.3 is 10.2 Å². The van der Waals surface area contributed by atoms with Crippen molar-refractivity contribution in [2.45, 2.75) is 32.1 Å². The van der Waals surface area contributed by atoms with Crippen molar-refractivity contribution >= 4 is 5.57 Å². The highest BCUT2D eigenvalue weighted by molar-refractivity contribution is 5.85. The van der Waals surface area contributed by atoms with Crippen LogP contribution in [0.5, 0.6) is 5.75 Å². The Balaban J connectivity index is 1.87. The van der Waals surface area contributed by atoms with Gasteiger partial charge in [0.25, 0.3) is 0 Å². The second-order valence-electron chi connectivity index (χ2n) is 6.75. The van der Waals surface area contributed by atoms with Gasteiger partial charge in [-0.15, -0.1) is 0 Å². The van der Waals surface area contributed by atoms with Gasteiger partial charge in [-0.1, -0.05) is 42.0 Å². The second-order valence-corrected chi connectivity index (χ2v) is 6.75. The first-order valence-electron chi connectivity index (χ1n) is 8.70. The summed E-state index contributed by atoms with van der Waals surface area (Å²) in [5, 5.41) is 19.6. The van der Waals surface area contributed by atoms with Crippen LogP contribution >= 0.6 is 0 Å². The summed E-state index contributed by atoms with van der Waals surface area (Å²) in [6.45, 7) is 0. The van der Waals surface area contributed by atoms with E-state index in [0.717, 1.165) is 25.7 Å². The molecule has 3 aliphatic rings. The zero-order valence-electron chi connectivity index (χ0n) is 13.7. The Hall–Kier alpha value is -2.48. The summed E-state index contributed by atoms with van der Waals surface area (Å²) in [7, 11) is 0. The smallest absolute Gasteiger partial charge is 0.115 e. The van der Waals surface area contributed by atoms with Crippen molar-refractivity contribution in [3.8, 4) is 5.75 Å². The van der Waals surface area contributed by atoms with Crippen LogP contribution in [0, 0.1) is 5.92 Å². The van der Waals surface area contributed by atoms with Gasteiger partial charge in [0.2, 0.25) is 0 Å². The molecule has 1 unspecified atom stereocenters. The summed E-state index contributed by atoms with van der Waals surface area (Å²) in [6, 6.07) is 5.75. The first-order valence-corrected chi connectivity index (χ1v) is 8.70. The van der Waals surface area contributed by atoms with E-state index in [0.29, 0.717) is 23.8 Å². The van der Waals surface area contributed by atoms with Crippen LogP contribution < -0.4 is 0 Å². The van der Waals surface area contributed by atoms with Crippen molar-refractivity contribution in [2.75, 3.05) is 0 Å². The second kappa shape index (κ2) is 6.20. The van der Waals surface area contributed by atoms with Gasteiger partial charge in [0, 0.05) is 12.3 Å². The van der Waals surface area contributed by atoms with E-state index in [4.69, 9.17) is 0 Å². The van der Waals surface area contributed by atoms with Gasteiger partial charge in [0.05, 0.1) is 5.76 Å². The molecule has 24 heavy (non-hydrogen) atoms. The zero-order chi connectivity index (χ0) is 16.5. The Morgan fingerprint density at radius 1 is 0.917 bits per heavy atom. The average Bonchev–Trinajstić information content (AvgIpc) is 2.62. The number of fused-ring (bicyclic) bond motifs is 1. The maximum atomic E-state index is 9.84. The Labute approximate surface area is 142 Å². The molecule has 1 atom stereocenters. The van der Waals surface area contributed by atoms with E-state index in [2.05, 4.69) is 36.4 Å². The zero-order valence-corrected chi connectivity index (χ0v) is 13.7. The normalized spacial score (nSPS) is 22.9. The van der Waals surface area contributed by atoms with Crippen LogP contribution in [-0.2, 0) is 6.42 Å². The number of phenols is 1. The third-order valence-electron chi connectivity index (χ3n) is 5.22. The lowest BCUT2D eigenvalue weighted by molar-refractivity contribution is 0.386. The molecule has 0 spiro atoms. The summed E-state index contributed by atoms with van der Waals surface area (Å²) in [5.41, 5.74) is 6.61. The summed E-state index contributed by atoms with van der Waals surface area (Å²) >= 11 is 0. The molecule has 122 valence electrons. The molecule has 2 heteroatoms. The molecule has 3 aliphatic carbocycles. The van der Waals surface area contributed by atoms with Crippen LogP contribution in [0.4, 0.5) is 0 Å². The molecule has 2 N–H and O–H groups in total. The fourth-order valence-electron chi connectivity index (χ4n) is 4.02. The van der Waals surface area contributed by atoms with Gasteiger partial charge in [-0.05, 0) is 66.2 Å². The fourth-order valence-corrected chi connectivity index (χ4v) is 4.02. The van der Waals surface area contributed by atoms with Crippen LogP contribution in [0.2, 0.25) is 0 Å². The van der Waals surface area contributed by atoms with Crippen LogP contribution in [0.15, 0.2) is 71.6 Å². The van der Waals surface area contributed by atoms with Crippen LogP contribution in [-0.4, -0.2) is 10.2 Å². The summed E-state index contributed by atoms with van der Waals surface area (Å²) in [4.78, 5) is 0. The van der Waals surface area contributed by atoms with Crippen LogP contribution in [0.3, 0.4) is 0 Å². The van der Waals surface area contributed by atoms with Crippen molar-refractivity contribution in [1.29, 1.82) is 0 Å². The van der Waals surface area contributed by atoms with Crippen molar-refractivity contribution in [3.05, 3.63) is 82.7 Å². The molecule has 0 amide bonds. The van der Waals surface area contributed by atoms with E-state index < -0.39 is 0 Å². The number of aromatic hydroxyl groups is 1. The number of allylic oxidation sites excluding steroid dienone is 10. The van der Waals surface area contributed by atoms with Gasteiger partial charge in [0.1, 0.15) is 5.75 Å². The minimum atomic E-state index is 0.340. The molecule has 0 saturated carbocycles. The summed E-state index contributed by atoms with van der Waals surface area (Å²) < 4.78 is 0. The Morgan fingerprint density at radius 3 is 2.58 bits per heavy atom. The van der Waals surface area contributed by atoms with Gasteiger partial charge in [-0.3, -0.25) is 0 Å². The van der Waals surface area contributed by atoms with Gasteiger partial charge in [-0.2, -0.15) is 0 Å². The number of hydrogen-bond donors (Lipinski definition) is 2. The number of aryl methyl sites for hydroxylation is 1. The van der Waals surface area contributed by atoms with Gasteiger partial charge >= 0.3 is 0 Å². The minimum Gasteiger partial charge on any atom is -0.512 e. The molecule has 0 radical (unpaired) electrons. The number of benzene rings is 1. The molecule has 0 bridgehead atoms. The Morgan fingerprint density at radius 2 is 1.83 bits per heavy atom. The Bertz CT molecular complexity index is 818. The predicted octanol–water partition coefficient (Wildman–Crippen LogP) is 5.39. The van der Waals surface area contributed by atoms with Gasteiger partial charge in [-0.25, -0.2) is 0 Å². The molecule has 0 saturated heterocycles. The van der Waals surface area contributed by atoms with Crippen molar-refractivity contribution < 1.29 is 10.2 Å². The molecule has 1 aromatic rings. The topological polar surface area (TPSA) is 40.5 Å². The maximum absolute atomic E-state index is 9.84. The molecular formula is C22H22O2. The van der Waals surface area contributed by atoms with E-state index in [-0.39, 0.29) is 0 Å². The van der Waals surface area contributed by atoms with Crippen molar-refractivity contribution in [2.24, 2.45) is 5.92 Å². The lowest BCUT2D eigenvalue weighted by Gasteiger charge is -2.30. The highest BCUT2D eigenvalue weighted by Crippen LogP contribution is 2.44.